The fourth-order valence-corrected chi connectivity index (χ4v) is 2.30. The largest absolute Gasteiger partial charge is 0.396 e. The first kappa shape index (κ1) is 11.0. The van der Waals surface area contributed by atoms with Crippen molar-refractivity contribution in [2.45, 2.75) is 33.1 Å². The topological polar surface area (TPSA) is 23.5 Å². The predicted octanol–water partition coefficient (Wildman–Crippen LogP) is 1.74. The molecule has 0 bridgehead atoms. The van der Waals surface area contributed by atoms with Crippen LogP contribution in [0.2, 0.25) is 0 Å². The van der Waals surface area contributed by atoms with Gasteiger partial charge in [-0.05, 0) is 25.8 Å². The van der Waals surface area contributed by atoms with Gasteiger partial charge < -0.3 is 10.0 Å². The van der Waals surface area contributed by atoms with E-state index in [-0.39, 0.29) is 5.41 Å². The Hall–Kier alpha value is -0.0800. The van der Waals surface area contributed by atoms with Crippen LogP contribution in [0.1, 0.15) is 33.1 Å². The van der Waals surface area contributed by atoms with Crippen LogP contribution in [0, 0.1) is 11.3 Å². The molecule has 0 aromatic carbocycles. The highest BCUT2D eigenvalue weighted by Crippen LogP contribution is 2.40. The van der Waals surface area contributed by atoms with Gasteiger partial charge in [0.15, 0.2) is 0 Å². The number of nitrogens with zero attached hydrogens (tertiary/aromatic N) is 1. The molecule has 0 spiro atoms. The lowest BCUT2D eigenvalue weighted by Crippen LogP contribution is -2.44. The van der Waals surface area contributed by atoms with Gasteiger partial charge in [-0.2, -0.15) is 0 Å². The average molecular weight is 185 g/mol. The van der Waals surface area contributed by atoms with E-state index in [1.54, 1.807) is 0 Å². The minimum Gasteiger partial charge on any atom is -0.396 e. The maximum absolute atomic E-state index is 9.29. The quantitative estimate of drug-likeness (QED) is 0.705. The van der Waals surface area contributed by atoms with Crippen molar-refractivity contribution in [3.05, 3.63) is 0 Å². The summed E-state index contributed by atoms with van der Waals surface area (Å²) in [5, 5.41) is 9.29. The van der Waals surface area contributed by atoms with E-state index in [9.17, 15) is 5.11 Å². The van der Waals surface area contributed by atoms with E-state index in [1.165, 1.54) is 19.3 Å². The van der Waals surface area contributed by atoms with E-state index in [2.05, 4.69) is 25.8 Å². The monoisotopic (exact) mass is 185 g/mol. The Morgan fingerprint density at radius 2 is 2.00 bits per heavy atom. The molecule has 0 radical (unpaired) electrons. The van der Waals surface area contributed by atoms with Crippen molar-refractivity contribution in [1.82, 2.24) is 4.90 Å². The molecular formula is C11H23NO. The van der Waals surface area contributed by atoms with Crippen LogP contribution >= 0.6 is 0 Å². The Morgan fingerprint density at radius 3 is 2.31 bits per heavy atom. The Morgan fingerprint density at radius 1 is 1.38 bits per heavy atom. The van der Waals surface area contributed by atoms with Crippen molar-refractivity contribution in [3.63, 3.8) is 0 Å². The highest BCUT2D eigenvalue weighted by Gasteiger charge is 2.37. The summed E-state index contributed by atoms with van der Waals surface area (Å²) in [6, 6.07) is 0. The van der Waals surface area contributed by atoms with Crippen molar-refractivity contribution in [2.24, 2.45) is 11.3 Å². The van der Waals surface area contributed by atoms with E-state index in [0.29, 0.717) is 6.61 Å². The molecule has 13 heavy (non-hydrogen) atoms. The second-order valence-corrected chi connectivity index (χ2v) is 5.10. The lowest BCUT2D eigenvalue weighted by atomic mass is 9.69. The second kappa shape index (κ2) is 4.43. The molecule has 1 saturated carbocycles. The van der Waals surface area contributed by atoms with Gasteiger partial charge in [0, 0.05) is 25.1 Å². The minimum absolute atomic E-state index is 0.254. The molecule has 1 rings (SSSR count). The third-order valence-corrected chi connectivity index (χ3v) is 3.03. The first-order chi connectivity index (χ1) is 6.08. The van der Waals surface area contributed by atoms with Crippen molar-refractivity contribution in [3.8, 4) is 0 Å². The van der Waals surface area contributed by atoms with Gasteiger partial charge in [-0.3, -0.25) is 0 Å². The maximum atomic E-state index is 9.29. The van der Waals surface area contributed by atoms with E-state index in [0.717, 1.165) is 19.0 Å². The van der Waals surface area contributed by atoms with Crippen LogP contribution in [-0.2, 0) is 0 Å². The van der Waals surface area contributed by atoms with E-state index < -0.39 is 0 Å². The summed E-state index contributed by atoms with van der Waals surface area (Å²) in [6.07, 6.45) is 3.73. The highest BCUT2D eigenvalue weighted by atomic mass is 16.3. The molecule has 1 aliphatic rings. The van der Waals surface area contributed by atoms with Gasteiger partial charge in [0.05, 0.1) is 0 Å². The van der Waals surface area contributed by atoms with Gasteiger partial charge in [0.25, 0.3) is 0 Å². The zero-order valence-electron chi connectivity index (χ0n) is 9.21. The molecule has 0 unspecified atom stereocenters. The zero-order valence-corrected chi connectivity index (χ0v) is 9.21. The van der Waals surface area contributed by atoms with Gasteiger partial charge >= 0.3 is 0 Å². The van der Waals surface area contributed by atoms with Crippen LogP contribution in [-0.4, -0.2) is 36.8 Å². The molecule has 0 atom stereocenters. The van der Waals surface area contributed by atoms with Crippen molar-refractivity contribution >= 4 is 0 Å². The fraction of sp³-hybridized carbons (Fsp3) is 1.00. The second-order valence-electron chi connectivity index (χ2n) is 5.10. The Kier molecular flexibility index (Phi) is 3.74. The standard InChI is InChI=1S/C11H23NO/c1-10(2)7-12(3)8-11(9-13)5-4-6-11/h10,13H,4-9H2,1-3H3. The molecule has 0 saturated heterocycles. The SMILES string of the molecule is CC(C)CN(C)CC1(CO)CCC1. The number of aliphatic hydroxyl groups is 1. The van der Waals surface area contributed by atoms with Crippen LogP contribution in [0.4, 0.5) is 0 Å². The molecule has 0 amide bonds. The van der Waals surface area contributed by atoms with Crippen LogP contribution < -0.4 is 0 Å². The first-order valence-electron chi connectivity index (χ1n) is 5.37. The molecule has 1 aliphatic carbocycles. The third-order valence-electron chi connectivity index (χ3n) is 3.03. The van der Waals surface area contributed by atoms with Crippen molar-refractivity contribution in [1.29, 1.82) is 0 Å². The van der Waals surface area contributed by atoms with E-state index in [4.69, 9.17) is 0 Å². The van der Waals surface area contributed by atoms with Gasteiger partial charge in [-0.15, -0.1) is 0 Å². The zero-order chi connectivity index (χ0) is 9.90. The van der Waals surface area contributed by atoms with Gasteiger partial charge in [-0.1, -0.05) is 20.3 Å². The van der Waals surface area contributed by atoms with Crippen LogP contribution in [0.15, 0.2) is 0 Å². The third kappa shape index (κ3) is 2.96. The normalized spacial score (nSPS) is 20.8. The molecule has 0 heterocycles. The van der Waals surface area contributed by atoms with Crippen LogP contribution in [0.5, 0.6) is 0 Å². The average Bonchev–Trinajstić information content (AvgIpc) is 1.95. The molecule has 0 aromatic heterocycles. The number of rotatable bonds is 5. The van der Waals surface area contributed by atoms with Gasteiger partial charge in [0.2, 0.25) is 0 Å². The van der Waals surface area contributed by atoms with Crippen molar-refractivity contribution in [2.75, 3.05) is 26.7 Å². The van der Waals surface area contributed by atoms with Crippen LogP contribution in [0.3, 0.4) is 0 Å². The molecule has 1 fully saturated rings. The Labute approximate surface area is 81.9 Å². The summed E-state index contributed by atoms with van der Waals surface area (Å²) in [6.45, 7) is 7.06. The molecule has 0 aliphatic heterocycles. The Bertz CT molecular complexity index is 147. The summed E-state index contributed by atoms with van der Waals surface area (Å²) in [4.78, 5) is 2.36. The molecule has 2 heteroatoms. The number of hydrogen-bond acceptors (Lipinski definition) is 2. The molecule has 1 N–H and O–H groups in total. The molecular weight excluding hydrogens is 162 g/mol. The van der Waals surface area contributed by atoms with E-state index >= 15 is 0 Å². The predicted molar refractivity (Wildman–Crippen MR) is 55.7 cm³/mol. The van der Waals surface area contributed by atoms with E-state index in [1.807, 2.05) is 0 Å². The summed E-state index contributed by atoms with van der Waals surface area (Å²) in [7, 11) is 2.16. The lowest BCUT2D eigenvalue weighted by molar-refractivity contribution is 0.0122. The van der Waals surface area contributed by atoms with Crippen molar-refractivity contribution < 1.29 is 5.11 Å². The van der Waals surface area contributed by atoms with Crippen LogP contribution in [0.25, 0.3) is 0 Å². The molecule has 78 valence electrons. The Balaban J connectivity index is 2.29. The summed E-state index contributed by atoms with van der Waals surface area (Å²) in [5.74, 6) is 0.723. The highest BCUT2D eigenvalue weighted by molar-refractivity contribution is 4.89. The van der Waals surface area contributed by atoms with Gasteiger partial charge in [-0.25, -0.2) is 0 Å². The molecule has 0 aromatic rings. The molecule has 2 nitrogen and oxygen atoms in total. The number of hydrogen-bond donors (Lipinski definition) is 1. The summed E-state index contributed by atoms with van der Waals surface area (Å²) < 4.78 is 0. The summed E-state index contributed by atoms with van der Waals surface area (Å²) in [5.41, 5.74) is 0.254. The lowest BCUT2D eigenvalue weighted by Gasteiger charge is -2.43. The minimum atomic E-state index is 0.254. The van der Waals surface area contributed by atoms with Gasteiger partial charge in [0.1, 0.15) is 0 Å². The maximum Gasteiger partial charge on any atom is 0.0499 e. The number of aliphatic hydroxyl groups excluding tert-OH is 1. The fourth-order valence-electron chi connectivity index (χ4n) is 2.30. The first-order valence-corrected chi connectivity index (χ1v) is 5.37. The smallest absolute Gasteiger partial charge is 0.0499 e. The summed E-state index contributed by atoms with van der Waals surface area (Å²) >= 11 is 0.